The number of nitrogens with one attached hydrogen (secondary N) is 1. The molecule has 204 valence electrons. The predicted molar refractivity (Wildman–Crippen MR) is 130 cm³/mol. The molecule has 4 heterocycles. The molecule has 0 bridgehead atoms. The van der Waals surface area contributed by atoms with Gasteiger partial charge in [0.2, 0.25) is 11.5 Å². The second-order valence-corrected chi connectivity index (χ2v) is 9.22. The Kier molecular flexibility index (Phi) is 7.25. The summed E-state index contributed by atoms with van der Waals surface area (Å²) in [6.07, 6.45) is -4.10. The molecule has 38 heavy (non-hydrogen) atoms. The first-order valence-electron chi connectivity index (χ1n) is 11.1. The number of carbonyl (C=O) groups is 1. The number of methoxy groups -OCH3 is 1. The van der Waals surface area contributed by atoms with Crippen LogP contribution in [0.5, 0.6) is 5.88 Å². The number of nitrogens with zero attached hydrogens (tertiary/aromatic N) is 4. The summed E-state index contributed by atoms with van der Waals surface area (Å²) >= 11 is 6.25. The van der Waals surface area contributed by atoms with Crippen LogP contribution in [0.4, 0.5) is 28.2 Å². The van der Waals surface area contributed by atoms with E-state index >= 15 is 0 Å². The Morgan fingerprint density at radius 2 is 2.03 bits per heavy atom. The molecule has 0 spiro atoms. The normalized spacial score (nSPS) is 21.8. The van der Waals surface area contributed by atoms with E-state index in [1.54, 1.807) is 25.4 Å². The minimum Gasteiger partial charge on any atom is -0.389 e. The lowest BCUT2D eigenvalue weighted by atomic mass is 9.93. The maximum Gasteiger partial charge on any atom is 0.424 e. The molecule has 15 heteroatoms. The fraction of sp³-hybridized carbons (Fsp3) is 0.391. The van der Waals surface area contributed by atoms with Crippen molar-refractivity contribution in [1.29, 1.82) is 0 Å². The van der Waals surface area contributed by atoms with E-state index < -0.39 is 47.4 Å². The summed E-state index contributed by atoms with van der Waals surface area (Å²) in [6, 6.07) is 5.39. The Bertz CT molecular complexity index is 1410. The number of rotatable bonds is 6. The molecule has 1 aliphatic rings. The first kappa shape index (κ1) is 27.5. The number of anilines is 1. The van der Waals surface area contributed by atoms with E-state index in [2.05, 4.69) is 20.3 Å². The summed E-state index contributed by atoms with van der Waals surface area (Å²) in [6.45, 7) is 2.40. The van der Waals surface area contributed by atoms with Crippen molar-refractivity contribution in [3.63, 3.8) is 0 Å². The molecule has 2 atom stereocenters. The van der Waals surface area contributed by atoms with Crippen LogP contribution in [-0.4, -0.2) is 58.6 Å². The van der Waals surface area contributed by atoms with E-state index in [1.165, 1.54) is 6.92 Å². The van der Waals surface area contributed by atoms with Crippen molar-refractivity contribution in [2.24, 2.45) is 10.7 Å². The number of alkyl halides is 3. The Labute approximate surface area is 218 Å². The molecule has 3 aromatic rings. The zero-order chi connectivity index (χ0) is 27.9. The first-order valence-corrected chi connectivity index (χ1v) is 11.5. The third-order valence-electron chi connectivity index (χ3n) is 6.02. The molecule has 0 saturated heterocycles. The van der Waals surface area contributed by atoms with Gasteiger partial charge in [-0.25, -0.2) is 19.2 Å². The minimum atomic E-state index is -4.84. The van der Waals surface area contributed by atoms with Gasteiger partial charge in [-0.05, 0) is 38.1 Å². The van der Waals surface area contributed by atoms with Crippen LogP contribution >= 0.6 is 11.6 Å². The molecular formula is C23H23ClF4N6O4. The van der Waals surface area contributed by atoms with Gasteiger partial charge in [0, 0.05) is 19.9 Å². The third kappa shape index (κ3) is 5.11. The van der Waals surface area contributed by atoms with Gasteiger partial charge in [-0.1, -0.05) is 11.6 Å². The van der Waals surface area contributed by atoms with Crippen LogP contribution in [0, 0.1) is 5.82 Å². The van der Waals surface area contributed by atoms with E-state index in [0.717, 1.165) is 19.1 Å². The third-order valence-corrected chi connectivity index (χ3v) is 6.30. The topological polar surface area (TPSA) is 126 Å². The Morgan fingerprint density at radius 3 is 2.68 bits per heavy atom. The van der Waals surface area contributed by atoms with Crippen LogP contribution in [-0.2, 0) is 21.6 Å². The highest BCUT2D eigenvalue weighted by Gasteiger charge is 2.59. The van der Waals surface area contributed by atoms with Crippen molar-refractivity contribution >= 4 is 40.4 Å². The maximum absolute atomic E-state index is 14.7. The molecule has 4 rings (SSSR count). The molecule has 3 aromatic heterocycles. The van der Waals surface area contributed by atoms with E-state index in [4.69, 9.17) is 31.5 Å². The molecule has 0 saturated carbocycles. The number of carbonyl (C=O) groups excluding carboxylic acids is 1. The Morgan fingerprint density at radius 1 is 1.29 bits per heavy atom. The smallest absolute Gasteiger partial charge is 0.389 e. The Hall–Kier alpha value is -3.49. The van der Waals surface area contributed by atoms with Crippen LogP contribution in [0.25, 0.3) is 11.0 Å². The molecular weight excluding hydrogens is 536 g/mol. The van der Waals surface area contributed by atoms with Crippen molar-refractivity contribution in [1.82, 2.24) is 14.5 Å². The van der Waals surface area contributed by atoms with E-state index in [-0.39, 0.29) is 16.7 Å². The van der Waals surface area contributed by atoms with Gasteiger partial charge in [0.15, 0.2) is 0 Å². The number of halogens is 5. The van der Waals surface area contributed by atoms with Crippen molar-refractivity contribution in [2.45, 2.75) is 37.7 Å². The van der Waals surface area contributed by atoms with Crippen molar-refractivity contribution in [3.8, 4) is 5.88 Å². The zero-order valence-corrected chi connectivity index (χ0v) is 21.2. The quantitative estimate of drug-likeness (QED) is 0.429. The summed E-state index contributed by atoms with van der Waals surface area (Å²) in [7, 11) is 1.58. The first-order chi connectivity index (χ1) is 17.8. The number of amidine groups is 1. The largest absolute Gasteiger partial charge is 0.424 e. The van der Waals surface area contributed by atoms with Gasteiger partial charge in [0.25, 0.3) is 0 Å². The number of ether oxygens (including phenoxy) is 3. The standard InChI is InChI=1S/C23H23ClF4N6O4/c1-21(11-37-22(2,19(29)33-21)23(26,27)28)17-13(25)4-5-16(31-17)32-20(35)38-18-12(24)10-15-14(30-18)6-7-34(15)8-9-36-3/h4-7,10H,8-9,11H2,1-3H3,(H2,29,33)(H,31,32,35)/t21-,22+/m0/s1. The van der Waals surface area contributed by atoms with Gasteiger partial charge < -0.3 is 24.5 Å². The summed E-state index contributed by atoms with van der Waals surface area (Å²) in [4.78, 5) is 24.7. The number of fused-ring (bicyclic) bond motifs is 1. The zero-order valence-electron chi connectivity index (χ0n) is 20.4. The molecule has 0 aliphatic carbocycles. The number of hydrogen-bond donors (Lipinski definition) is 2. The average molecular weight is 559 g/mol. The van der Waals surface area contributed by atoms with Crippen molar-refractivity contribution < 1.29 is 36.6 Å². The van der Waals surface area contributed by atoms with Gasteiger partial charge in [0.1, 0.15) is 33.7 Å². The number of nitrogens with two attached hydrogens (primary N) is 1. The lowest BCUT2D eigenvalue weighted by molar-refractivity contribution is -0.249. The van der Waals surface area contributed by atoms with Crippen molar-refractivity contribution in [3.05, 3.63) is 47.0 Å². The maximum atomic E-state index is 14.7. The molecule has 0 unspecified atom stereocenters. The highest BCUT2D eigenvalue weighted by molar-refractivity contribution is 6.32. The number of amides is 1. The monoisotopic (exact) mass is 558 g/mol. The highest BCUT2D eigenvalue weighted by atomic mass is 35.5. The fourth-order valence-corrected chi connectivity index (χ4v) is 3.93. The van der Waals surface area contributed by atoms with Gasteiger partial charge in [-0.3, -0.25) is 10.3 Å². The SMILES string of the molecule is COCCn1ccc2nc(OC(=O)Nc3ccc(F)c([C@]4(C)CO[C@@](C)(C(F)(F)F)C(N)=N4)n3)c(Cl)cc21. The lowest BCUT2D eigenvalue weighted by Crippen LogP contribution is -2.60. The van der Waals surface area contributed by atoms with Crippen LogP contribution in [0.1, 0.15) is 19.5 Å². The number of aliphatic imine (C=N–C) groups is 1. The molecule has 10 nitrogen and oxygen atoms in total. The van der Waals surface area contributed by atoms with E-state index in [0.29, 0.717) is 24.2 Å². The fourth-order valence-electron chi connectivity index (χ4n) is 3.74. The molecule has 1 aliphatic heterocycles. The summed E-state index contributed by atoms with van der Waals surface area (Å²) in [5.41, 5.74) is 1.88. The molecule has 1 amide bonds. The number of hydrogen-bond acceptors (Lipinski definition) is 8. The summed E-state index contributed by atoms with van der Waals surface area (Å²) in [5.74, 6) is -2.13. The van der Waals surface area contributed by atoms with Gasteiger partial charge in [-0.2, -0.15) is 13.2 Å². The average Bonchev–Trinajstić information content (AvgIpc) is 3.22. The lowest BCUT2D eigenvalue weighted by Gasteiger charge is -2.40. The van der Waals surface area contributed by atoms with Crippen molar-refractivity contribution in [2.75, 3.05) is 25.6 Å². The van der Waals surface area contributed by atoms with Crippen LogP contribution in [0.15, 0.2) is 35.5 Å². The highest BCUT2D eigenvalue weighted by Crippen LogP contribution is 2.41. The second kappa shape index (κ2) is 10.0. The van der Waals surface area contributed by atoms with Crippen LogP contribution in [0.3, 0.4) is 0 Å². The predicted octanol–water partition coefficient (Wildman–Crippen LogP) is 4.40. The van der Waals surface area contributed by atoms with Gasteiger partial charge in [0.05, 0.1) is 24.2 Å². The number of pyridine rings is 2. The van der Waals surface area contributed by atoms with E-state index in [1.807, 2.05) is 4.57 Å². The molecule has 0 fully saturated rings. The van der Waals surface area contributed by atoms with Crippen LogP contribution in [0.2, 0.25) is 5.02 Å². The molecule has 3 N–H and O–H groups in total. The minimum absolute atomic E-state index is 0.0576. The Balaban J connectivity index is 1.54. The van der Waals surface area contributed by atoms with Gasteiger partial charge in [-0.15, -0.1) is 0 Å². The van der Waals surface area contributed by atoms with E-state index in [9.17, 15) is 22.4 Å². The molecule has 0 radical (unpaired) electrons. The van der Waals surface area contributed by atoms with Crippen LogP contribution < -0.4 is 15.8 Å². The number of aromatic nitrogens is 3. The van der Waals surface area contributed by atoms with Gasteiger partial charge >= 0.3 is 12.3 Å². The second-order valence-electron chi connectivity index (χ2n) is 8.81. The summed E-state index contributed by atoms with van der Waals surface area (Å²) in [5, 5.41) is 2.37. The summed E-state index contributed by atoms with van der Waals surface area (Å²) < 4.78 is 72.1. The molecule has 0 aromatic carbocycles.